The van der Waals surface area contributed by atoms with Gasteiger partial charge in [-0.3, -0.25) is 9.59 Å². The third kappa shape index (κ3) is 40.6. The van der Waals surface area contributed by atoms with Crippen LogP contribution in [0.1, 0.15) is 219 Å². The molecule has 274 valence electrons. The minimum Gasteiger partial charge on any atom is -0.481 e. The van der Waals surface area contributed by atoms with Gasteiger partial charge in [0.1, 0.15) is 0 Å². The maximum absolute atomic E-state index is 11.4. The highest BCUT2D eigenvalue weighted by Crippen LogP contribution is 2.15. The molecule has 0 fully saturated rings. The maximum Gasteiger partial charge on any atom is 0.345 e. The first kappa shape index (κ1) is 46.6. The normalized spacial score (nSPS) is 11.6. The van der Waals surface area contributed by atoms with Gasteiger partial charge in [-0.15, -0.1) is 0 Å². The zero-order valence-corrected chi connectivity index (χ0v) is 30.4. The highest BCUT2D eigenvalue weighted by atomic mass is 16.6. The zero-order chi connectivity index (χ0) is 34.4. The second kappa shape index (κ2) is 39.7. The number of hydrogen-bond donors (Lipinski definition) is 3. The van der Waals surface area contributed by atoms with Crippen molar-refractivity contribution < 1.29 is 34.4 Å². The Morgan fingerprint density at radius 2 is 0.717 bits per heavy atom. The van der Waals surface area contributed by atoms with E-state index in [0.717, 1.165) is 25.7 Å². The summed E-state index contributed by atoms with van der Waals surface area (Å²) >= 11 is 0. The van der Waals surface area contributed by atoms with Crippen LogP contribution in [-0.4, -0.2) is 45.9 Å². The Morgan fingerprint density at radius 3 is 0.978 bits per heavy atom. The molecule has 3 N–H and O–H groups in total. The van der Waals surface area contributed by atoms with Crippen LogP contribution in [0.5, 0.6) is 0 Å². The molecule has 0 amide bonds. The van der Waals surface area contributed by atoms with Gasteiger partial charge in [0.25, 0.3) is 0 Å². The number of carboxylic acid groups (broad SMARTS) is 1. The van der Waals surface area contributed by atoms with Crippen molar-refractivity contribution >= 4 is 17.9 Å². The van der Waals surface area contributed by atoms with Gasteiger partial charge in [0, 0.05) is 12.8 Å². The van der Waals surface area contributed by atoms with Gasteiger partial charge in [-0.1, -0.05) is 194 Å². The minimum atomic E-state index is -1.62. The van der Waals surface area contributed by atoms with Crippen LogP contribution in [0.25, 0.3) is 0 Å². The summed E-state index contributed by atoms with van der Waals surface area (Å²) in [6.07, 6.45) is 37.6. The number of carboxylic acids is 1. The van der Waals surface area contributed by atoms with Crippen molar-refractivity contribution in [1.82, 2.24) is 0 Å². The highest BCUT2D eigenvalue weighted by Gasteiger charge is 2.18. The summed E-state index contributed by atoms with van der Waals surface area (Å²) in [5.74, 6) is -2.35. The van der Waals surface area contributed by atoms with E-state index >= 15 is 0 Å². The van der Waals surface area contributed by atoms with E-state index in [1.165, 1.54) is 161 Å². The largest absolute Gasteiger partial charge is 0.481 e. The standard InChI is InChI=1S/C21H40O5.C18H36O2/c1-2-3-4-5-6-7-8-9-10-11-12-13-14-15-16-17-20(24)26-21(25)19(23)18-22;1-2-3-4-5-6-7-8-9-10-11-12-13-14-15-16-17-18(19)20/h19,22-23H,2-18H2,1H3;2-17H2,1H3,(H,19,20). The van der Waals surface area contributed by atoms with E-state index in [1.54, 1.807) is 0 Å². The molecule has 1 atom stereocenters. The Labute approximate surface area is 284 Å². The fourth-order valence-electron chi connectivity index (χ4n) is 5.59. The lowest BCUT2D eigenvalue weighted by Crippen LogP contribution is -2.28. The predicted octanol–water partition coefficient (Wildman–Crippen LogP) is 11.0. The minimum absolute atomic E-state index is 0.183. The molecule has 0 rings (SSSR count). The average molecular weight is 657 g/mol. The van der Waals surface area contributed by atoms with Crippen molar-refractivity contribution in [2.24, 2.45) is 0 Å². The quantitative estimate of drug-likeness (QED) is 0.0358. The van der Waals surface area contributed by atoms with Gasteiger partial charge >= 0.3 is 17.9 Å². The van der Waals surface area contributed by atoms with Gasteiger partial charge < -0.3 is 20.1 Å². The molecular weight excluding hydrogens is 580 g/mol. The van der Waals surface area contributed by atoms with Gasteiger partial charge in [0.05, 0.1) is 6.61 Å². The second-order valence-electron chi connectivity index (χ2n) is 13.3. The molecule has 0 aromatic carbocycles. The van der Waals surface area contributed by atoms with Crippen LogP contribution in [0.4, 0.5) is 0 Å². The first-order chi connectivity index (χ1) is 22.4. The summed E-state index contributed by atoms with van der Waals surface area (Å²) in [4.78, 5) is 32.8. The fraction of sp³-hybridized carbons (Fsp3) is 0.923. The van der Waals surface area contributed by atoms with Crippen molar-refractivity contribution in [3.05, 3.63) is 0 Å². The van der Waals surface area contributed by atoms with Gasteiger partial charge in [0.15, 0.2) is 6.10 Å². The van der Waals surface area contributed by atoms with Crippen LogP contribution in [0, 0.1) is 0 Å². The molecule has 46 heavy (non-hydrogen) atoms. The fourth-order valence-corrected chi connectivity index (χ4v) is 5.59. The first-order valence-electron chi connectivity index (χ1n) is 19.6. The second-order valence-corrected chi connectivity index (χ2v) is 13.3. The predicted molar refractivity (Wildman–Crippen MR) is 191 cm³/mol. The Kier molecular flexibility index (Phi) is 40.3. The van der Waals surface area contributed by atoms with Crippen LogP contribution in [0.2, 0.25) is 0 Å². The van der Waals surface area contributed by atoms with Crippen LogP contribution >= 0.6 is 0 Å². The van der Waals surface area contributed by atoms with Crippen molar-refractivity contribution in [3.8, 4) is 0 Å². The number of carbonyl (C=O) groups is 3. The Balaban J connectivity index is 0. The molecule has 0 aromatic heterocycles. The van der Waals surface area contributed by atoms with Crippen molar-refractivity contribution in [3.63, 3.8) is 0 Å². The van der Waals surface area contributed by atoms with E-state index in [4.69, 9.17) is 15.3 Å². The number of esters is 2. The van der Waals surface area contributed by atoms with E-state index in [9.17, 15) is 14.4 Å². The summed E-state index contributed by atoms with van der Waals surface area (Å²) in [6.45, 7) is 3.79. The maximum atomic E-state index is 11.4. The van der Waals surface area contributed by atoms with Crippen LogP contribution < -0.4 is 0 Å². The third-order valence-corrected chi connectivity index (χ3v) is 8.64. The number of aliphatic hydroxyl groups is 2. The number of hydrogen-bond acceptors (Lipinski definition) is 6. The third-order valence-electron chi connectivity index (χ3n) is 8.64. The van der Waals surface area contributed by atoms with E-state index < -0.39 is 30.6 Å². The first-order valence-corrected chi connectivity index (χ1v) is 19.6. The highest BCUT2D eigenvalue weighted by molar-refractivity contribution is 5.87. The number of rotatable bonds is 34. The molecule has 0 spiro atoms. The molecule has 7 nitrogen and oxygen atoms in total. The SMILES string of the molecule is CCCCCCCCCCCCCCCCCC(=O)O.CCCCCCCCCCCCCCCCCC(=O)OC(=O)C(O)CO. The molecule has 0 aliphatic rings. The van der Waals surface area contributed by atoms with E-state index in [0.29, 0.717) is 12.8 Å². The summed E-state index contributed by atoms with van der Waals surface area (Å²) in [7, 11) is 0. The Bertz CT molecular complexity index is 652. The van der Waals surface area contributed by atoms with Crippen molar-refractivity contribution in [2.45, 2.75) is 225 Å². The molecule has 0 aromatic rings. The number of aliphatic hydroxyl groups excluding tert-OH is 2. The van der Waals surface area contributed by atoms with Gasteiger partial charge in [0.2, 0.25) is 0 Å². The molecule has 0 saturated heterocycles. The number of unbranched alkanes of at least 4 members (excludes halogenated alkanes) is 28. The molecule has 0 aliphatic heterocycles. The lowest BCUT2D eigenvalue weighted by molar-refractivity contribution is -0.167. The zero-order valence-electron chi connectivity index (χ0n) is 30.4. The molecule has 0 saturated carbocycles. The molecule has 0 radical (unpaired) electrons. The summed E-state index contributed by atoms with van der Waals surface area (Å²) in [5.41, 5.74) is 0. The number of aliphatic carboxylic acids is 1. The molecule has 7 heteroatoms. The molecule has 0 heterocycles. The lowest BCUT2D eigenvalue weighted by Gasteiger charge is -2.06. The summed E-state index contributed by atoms with van der Waals surface area (Å²) in [5, 5.41) is 26.1. The summed E-state index contributed by atoms with van der Waals surface area (Å²) in [6, 6.07) is 0. The molecule has 0 aliphatic carbocycles. The van der Waals surface area contributed by atoms with Crippen LogP contribution in [0.15, 0.2) is 0 Å². The van der Waals surface area contributed by atoms with Crippen LogP contribution in [0.3, 0.4) is 0 Å². The van der Waals surface area contributed by atoms with E-state index in [1.807, 2.05) is 0 Å². The van der Waals surface area contributed by atoms with Crippen LogP contribution in [-0.2, 0) is 19.1 Å². The molecular formula is C39H76O7. The summed E-state index contributed by atoms with van der Waals surface area (Å²) < 4.78 is 4.43. The molecule has 0 bridgehead atoms. The monoisotopic (exact) mass is 657 g/mol. The topological polar surface area (TPSA) is 121 Å². The lowest BCUT2D eigenvalue weighted by atomic mass is 10.0. The van der Waals surface area contributed by atoms with Crippen molar-refractivity contribution in [1.29, 1.82) is 0 Å². The number of ether oxygens (including phenoxy) is 1. The Hall–Kier alpha value is -1.47. The van der Waals surface area contributed by atoms with Gasteiger partial charge in [-0.2, -0.15) is 0 Å². The van der Waals surface area contributed by atoms with E-state index in [2.05, 4.69) is 18.6 Å². The average Bonchev–Trinajstić information content (AvgIpc) is 3.04. The van der Waals surface area contributed by atoms with Gasteiger partial charge in [-0.05, 0) is 12.8 Å². The van der Waals surface area contributed by atoms with Gasteiger partial charge in [-0.25, -0.2) is 4.79 Å². The number of carbonyl (C=O) groups excluding carboxylic acids is 2. The smallest absolute Gasteiger partial charge is 0.345 e. The van der Waals surface area contributed by atoms with Crippen molar-refractivity contribution in [2.75, 3.05) is 6.61 Å². The van der Waals surface area contributed by atoms with E-state index in [-0.39, 0.29) is 6.42 Å². The molecule has 1 unspecified atom stereocenters. The Morgan fingerprint density at radius 1 is 0.457 bits per heavy atom.